The average Bonchev–Trinajstić information content (AvgIpc) is 2.93. The number of benzene rings is 2. The van der Waals surface area contributed by atoms with Crippen molar-refractivity contribution in [1.29, 1.82) is 5.26 Å². The van der Waals surface area contributed by atoms with Crippen molar-refractivity contribution in [3.63, 3.8) is 0 Å². The number of ether oxygens (including phenoxy) is 5. The van der Waals surface area contributed by atoms with Gasteiger partial charge < -0.3 is 29.0 Å². The van der Waals surface area contributed by atoms with Gasteiger partial charge in [-0.1, -0.05) is 26.3 Å². The van der Waals surface area contributed by atoms with Gasteiger partial charge in [-0.3, -0.25) is 0 Å². The van der Waals surface area contributed by atoms with E-state index in [0.717, 1.165) is 36.9 Å². The SMILES string of the molecule is COC(=O)c1cc(OC)c(OC)cc1CCNCCCCC(C#N)(c1ccc(OC)c(OC)c1)C(C)C. The summed E-state index contributed by atoms with van der Waals surface area (Å²) in [4.78, 5) is 12.3. The van der Waals surface area contributed by atoms with Gasteiger partial charge in [0.2, 0.25) is 0 Å². The predicted molar refractivity (Wildman–Crippen MR) is 143 cm³/mol. The lowest BCUT2D eigenvalue weighted by molar-refractivity contribution is 0.0599. The molecule has 2 aromatic rings. The van der Waals surface area contributed by atoms with Crippen molar-refractivity contribution >= 4 is 5.97 Å². The molecule has 1 unspecified atom stereocenters. The summed E-state index contributed by atoms with van der Waals surface area (Å²) in [6, 6.07) is 11.8. The van der Waals surface area contributed by atoms with Crippen LogP contribution >= 0.6 is 0 Å². The fourth-order valence-electron chi connectivity index (χ4n) is 4.56. The van der Waals surface area contributed by atoms with E-state index < -0.39 is 11.4 Å². The minimum Gasteiger partial charge on any atom is -0.493 e. The van der Waals surface area contributed by atoms with Gasteiger partial charge in [-0.15, -0.1) is 0 Å². The normalized spacial score (nSPS) is 12.4. The third-order valence-electron chi connectivity index (χ3n) is 6.84. The highest BCUT2D eigenvalue weighted by molar-refractivity contribution is 5.92. The monoisotopic (exact) mass is 512 g/mol. The molecule has 1 atom stereocenters. The van der Waals surface area contributed by atoms with E-state index in [1.54, 1.807) is 27.4 Å². The van der Waals surface area contributed by atoms with Gasteiger partial charge in [0.15, 0.2) is 23.0 Å². The second kappa shape index (κ2) is 14.3. The first-order valence-corrected chi connectivity index (χ1v) is 12.5. The molecule has 0 fully saturated rings. The van der Waals surface area contributed by atoms with Crippen molar-refractivity contribution in [3.8, 4) is 29.1 Å². The molecular formula is C29H40N2O6. The van der Waals surface area contributed by atoms with Crippen molar-refractivity contribution in [3.05, 3.63) is 47.0 Å². The van der Waals surface area contributed by atoms with Crippen LogP contribution < -0.4 is 24.3 Å². The highest BCUT2D eigenvalue weighted by Gasteiger charge is 2.36. The van der Waals surface area contributed by atoms with E-state index in [0.29, 0.717) is 41.5 Å². The number of nitriles is 1. The van der Waals surface area contributed by atoms with Gasteiger partial charge in [0, 0.05) is 0 Å². The van der Waals surface area contributed by atoms with Gasteiger partial charge in [-0.25, -0.2) is 4.79 Å². The fourth-order valence-corrected chi connectivity index (χ4v) is 4.56. The van der Waals surface area contributed by atoms with Crippen molar-refractivity contribution in [2.75, 3.05) is 48.6 Å². The van der Waals surface area contributed by atoms with Gasteiger partial charge in [0.25, 0.3) is 0 Å². The molecule has 2 aromatic carbocycles. The fraction of sp³-hybridized carbons (Fsp3) is 0.517. The standard InChI is InChI=1S/C29H40N2O6/c1-20(2)29(19-30,22-10-11-24(33-3)26(17-22)35-5)13-8-9-14-31-15-12-21-16-25(34-4)27(36-6)18-23(21)28(32)37-7/h10-11,16-18,20,31H,8-9,12-15H2,1-7H3. The van der Waals surface area contributed by atoms with E-state index in [1.165, 1.54) is 14.2 Å². The Balaban J connectivity index is 1.98. The molecule has 0 aliphatic rings. The Morgan fingerprint density at radius 1 is 0.892 bits per heavy atom. The first-order chi connectivity index (χ1) is 17.8. The zero-order chi connectivity index (χ0) is 27.4. The summed E-state index contributed by atoms with van der Waals surface area (Å²) in [7, 11) is 7.67. The highest BCUT2D eigenvalue weighted by Crippen LogP contribution is 2.40. The molecule has 0 aliphatic carbocycles. The minimum absolute atomic E-state index is 0.130. The number of nitrogens with zero attached hydrogens (tertiary/aromatic N) is 1. The lowest BCUT2D eigenvalue weighted by Crippen LogP contribution is -2.31. The maximum atomic E-state index is 12.3. The van der Waals surface area contributed by atoms with Crippen molar-refractivity contribution in [1.82, 2.24) is 5.32 Å². The predicted octanol–water partition coefficient (Wildman–Crippen LogP) is 4.93. The highest BCUT2D eigenvalue weighted by atomic mass is 16.5. The molecule has 2 rings (SSSR count). The number of methoxy groups -OCH3 is 5. The quantitative estimate of drug-likeness (QED) is 0.265. The molecule has 0 radical (unpaired) electrons. The molecule has 202 valence electrons. The van der Waals surface area contributed by atoms with E-state index in [-0.39, 0.29) is 5.92 Å². The number of carbonyl (C=O) groups is 1. The molecule has 0 saturated carbocycles. The Bertz CT molecular complexity index is 1080. The number of unbranched alkanes of at least 4 members (excludes halogenated alkanes) is 1. The first-order valence-electron chi connectivity index (χ1n) is 12.5. The van der Waals surface area contributed by atoms with Crippen LogP contribution in [0.5, 0.6) is 23.0 Å². The van der Waals surface area contributed by atoms with E-state index in [4.69, 9.17) is 23.7 Å². The molecule has 37 heavy (non-hydrogen) atoms. The van der Waals surface area contributed by atoms with Gasteiger partial charge in [-0.2, -0.15) is 5.26 Å². The van der Waals surface area contributed by atoms with Crippen LogP contribution in [-0.2, 0) is 16.6 Å². The summed E-state index contributed by atoms with van der Waals surface area (Å²) in [6.07, 6.45) is 3.17. The molecule has 0 aromatic heterocycles. The smallest absolute Gasteiger partial charge is 0.338 e. The number of esters is 1. The molecule has 0 heterocycles. The topological polar surface area (TPSA) is 99.0 Å². The van der Waals surface area contributed by atoms with E-state index in [2.05, 4.69) is 25.2 Å². The van der Waals surface area contributed by atoms with Crippen LogP contribution in [0, 0.1) is 17.2 Å². The third kappa shape index (κ3) is 7.07. The largest absolute Gasteiger partial charge is 0.493 e. The van der Waals surface area contributed by atoms with Gasteiger partial charge in [0.05, 0.1) is 52.6 Å². The van der Waals surface area contributed by atoms with Crippen LogP contribution in [0.2, 0.25) is 0 Å². The van der Waals surface area contributed by atoms with Crippen LogP contribution in [-0.4, -0.2) is 54.6 Å². The molecule has 0 aliphatic heterocycles. The number of hydrogen-bond donors (Lipinski definition) is 1. The average molecular weight is 513 g/mol. The second-order valence-electron chi connectivity index (χ2n) is 9.12. The summed E-state index contributed by atoms with van der Waals surface area (Å²) < 4.78 is 26.5. The minimum atomic E-state index is -0.616. The Labute approximate surface area is 220 Å². The molecule has 0 bridgehead atoms. The van der Waals surface area contributed by atoms with Gasteiger partial charge in [-0.05, 0) is 73.7 Å². The van der Waals surface area contributed by atoms with E-state index in [9.17, 15) is 10.1 Å². The molecule has 0 spiro atoms. The summed E-state index contributed by atoms with van der Waals surface area (Å²) in [5, 5.41) is 13.7. The Morgan fingerprint density at radius 3 is 2.08 bits per heavy atom. The number of hydrogen-bond acceptors (Lipinski definition) is 8. The maximum Gasteiger partial charge on any atom is 0.338 e. The lowest BCUT2D eigenvalue weighted by atomic mass is 9.69. The van der Waals surface area contributed by atoms with Crippen molar-refractivity contribution < 1.29 is 28.5 Å². The zero-order valence-corrected chi connectivity index (χ0v) is 23.1. The molecular weight excluding hydrogens is 472 g/mol. The van der Waals surface area contributed by atoms with E-state index >= 15 is 0 Å². The van der Waals surface area contributed by atoms with E-state index in [1.807, 2.05) is 24.3 Å². The van der Waals surface area contributed by atoms with Gasteiger partial charge >= 0.3 is 5.97 Å². The summed E-state index contributed by atoms with van der Waals surface area (Å²) >= 11 is 0. The molecule has 8 nitrogen and oxygen atoms in total. The Hall–Kier alpha value is -3.44. The van der Waals surface area contributed by atoms with Crippen LogP contribution in [0.1, 0.15) is 54.6 Å². The maximum absolute atomic E-state index is 12.3. The second-order valence-corrected chi connectivity index (χ2v) is 9.12. The Kier molecular flexibility index (Phi) is 11.5. The summed E-state index contributed by atoms with van der Waals surface area (Å²) in [5.74, 6) is 2.05. The lowest BCUT2D eigenvalue weighted by Gasteiger charge is -2.32. The Morgan fingerprint density at radius 2 is 1.51 bits per heavy atom. The number of rotatable bonds is 15. The van der Waals surface area contributed by atoms with Crippen LogP contribution in [0.25, 0.3) is 0 Å². The zero-order valence-electron chi connectivity index (χ0n) is 23.1. The van der Waals surface area contributed by atoms with Crippen molar-refractivity contribution in [2.24, 2.45) is 5.92 Å². The third-order valence-corrected chi connectivity index (χ3v) is 6.84. The molecule has 0 saturated heterocycles. The molecule has 8 heteroatoms. The first kappa shape index (κ1) is 29.8. The number of nitrogens with one attached hydrogen (secondary N) is 1. The number of carbonyl (C=O) groups excluding carboxylic acids is 1. The summed E-state index contributed by atoms with van der Waals surface area (Å²) in [6.45, 7) is 5.65. The molecule has 0 amide bonds. The van der Waals surface area contributed by atoms with Crippen LogP contribution in [0.3, 0.4) is 0 Å². The summed E-state index contributed by atoms with van der Waals surface area (Å²) in [5.41, 5.74) is 1.62. The van der Waals surface area contributed by atoms with Crippen LogP contribution in [0.4, 0.5) is 0 Å². The molecule has 1 N–H and O–H groups in total. The van der Waals surface area contributed by atoms with Gasteiger partial charge in [0.1, 0.15) is 0 Å². The van der Waals surface area contributed by atoms with Crippen molar-refractivity contribution in [2.45, 2.75) is 44.9 Å². The van der Waals surface area contributed by atoms with Crippen LogP contribution in [0.15, 0.2) is 30.3 Å².